The van der Waals surface area contributed by atoms with E-state index in [0.717, 1.165) is 18.8 Å². The minimum Gasteiger partial charge on any atom is -0.338 e. The maximum absolute atomic E-state index is 4.37. The summed E-state index contributed by atoms with van der Waals surface area (Å²) < 4.78 is 2.07. The van der Waals surface area contributed by atoms with Gasteiger partial charge in [-0.05, 0) is 24.6 Å². The molecule has 1 aromatic carbocycles. The van der Waals surface area contributed by atoms with Crippen molar-refractivity contribution in [3.8, 4) is 0 Å². The quantitative estimate of drug-likeness (QED) is 0.875. The molecule has 1 atom stereocenters. The SMILES string of the molecule is CCNC(C)c1cccc(Cc2nccn2C)c1. The van der Waals surface area contributed by atoms with Crippen molar-refractivity contribution < 1.29 is 0 Å². The van der Waals surface area contributed by atoms with E-state index in [-0.39, 0.29) is 0 Å². The van der Waals surface area contributed by atoms with E-state index in [2.05, 4.69) is 53.0 Å². The second-order valence-corrected chi connectivity index (χ2v) is 4.66. The number of nitrogens with zero attached hydrogens (tertiary/aromatic N) is 2. The number of aryl methyl sites for hydroxylation is 1. The average Bonchev–Trinajstić information content (AvgIpc) is 2.76. The maximum Gasteiger partial charge on any atom is 0.112 e. The Kier molecular flexibility index (Phi) is 4.15. The van der Waals surface area contributed by atoms with Gasteiger partial charge in [-0.2, -0.15) is 0 Å². The number of hydrogen-bond donors (Lipinski definition) is 1. The largest absolute Gasteiger partial charge is 0.338 e. The molecule has 96 valence electrons. The van der Waals surface area contributed by atoms with E-state index >= 15 is 0 Å². The van der Waals surface area contributed by atoms with E-state index in [1.165, 1.54) is 11.1 Å². The summed E-state index contributed by atoms with van der Waals surface area (Å²) in [5, 5.41) is 3.44. The first kappa shape index (κ1) is 12.8. The Hall–Kier alpha value is -1.61. The highest BCUT2D eigenvalue weighted by Gasteiger charge is 2.06. The normalized spacial score (nSPS) is 12.6. The monoisotopic (exact) mass is 243 g/mol. The molecule has 1 N–H and O–H groups in total. The number of aromatic nitrogens is 2. The molecule has 3 nitrogen and oxygen atoms in total. The highest BCUT2D eigenvalue weighted by Crippen LogP contribution is 2.16. The van der Waals surface area contributed by atoms with Crippen LogP contribution < -0.4 is 5.32 Å². The fraction of sp³-hybridized carbons (Fsp3) is 0.400. The Labute approximate surface area is 109 Å². The summed E-state index contributed by atoms with van der Waals surface area (Å²) in [5.74, 6) is 1.10. The van der Waals surface area contributed by atoms with E-state index in [1.807, 2.05) is 19.4 Å². The minimum atomic E-state index is 0.399. The number of rotatable bonds is 5. The lowest BCUT2D eigenvalue weighted by molar-refractivity contribution is 0.597. The standard InChI is InChI=1S/C15H21N3/c1-4-16-12(2)14-7-5-6-13(10-14)11-15-17-8-9-18(15)3/h5-10,12,16H,4,11H2,1-3H3. The summed E-state index contributed by atoms with van der Waals surface area (Å²) >= 11 is 0. The molecular weight excluding hydrogens is 222 g/mol. The second-order valence-electron chi connectivity index (χ2n) is 4.66. The molecule has 2 aromatic rings. The molecule has 3 heteroatoms. The zero-order valence-corrected chi connectivity index (χ0v) is 11.4. The van der Waals surface area contributed by atoms with Crippen LogP contribution in [-0.2, 0) is 13.5 Å². The summed E-state index contributed by atoms with van der Waals surface area (Å²) in [4.78, 5) is 4.37. The van der Waals surface area contributed by atoms with E-state index < -0.39 is 0 Å². The average molecular weight is 243 g/mol. The Bertz CT molecular complexity index is 502. The van der Waals surface area contributed by atoms with Crippen LogP contribution in [0.1, 0.15) is 36.8 Å². The fourth-order valence-electron chi connectivity index (χ4n) is 2.15. The molecule has 0 aliphatic carbocycles. The first-order chi connectivity index (χ1) is 8.70. The predicted octanol–water partition coefficient (Wildman–Crippen LogP) is 2.68. The Morgan fingerprint density at radius 3 is 2.89 bits per heavy atom. The van der Waals surface area contributed by atoms with Crippen molar-refractivity contribution in [3.05, 3.63) is 53.6 Å². The van der Waals surface area contributed by atoms with Gasteiger partial charge < -0.3 is 9.88 Å². The molecule has 18 heavy (non-hydrogen) atoms. The van der Waals surface area contributed by atoms with Crippen LogP contribution in [-0.4, -0.2) is 16.1 Å². The third-order valence-electron chi connectivity index (χ3n) is 3.24. The fourth-order valence-corrected chi connectivity index (χ4v) is 2.15. The van der Waals surface area contributed by atoms with Gasteiger partial charge in [-0.1, -0.05) is 31.2 Å². The van der Waals surface area contributed by atoms with Gasteiger partial charge in [0, 0.05) is 31.9 Å². The first-order valence-electron chi connectivity index (χ1n) is 6.49. The second kappa shape index (κ2) is 5.83. The molecule has 0 fully saturated rings. The Morgan fingerprint density at radius 2 is 2.22 bits per heavy atom. The summed E-state index contributed by atoms with van der Waals surface area (Å²) in [5.41, 5.74) is 2.65. The van der Waals surface area contributed by atoms with Crippen molar-refractivity contribution in [2.75, 3.05) is 6.54 Å². The lowest BCUT2D eigenvalue weighted by Crippen LogP contribution is -2.17. The molecular formula is C15H21N3. The zero-order chi connectivity index (χ0) is 13.0. The van der Waals surface area contributed by atoms with Crippen LogP contribution in [0.5, 0.6) is 0 Å². The lowest BCUT2D eigenvalue weighted by atomic mass is 10.0. The summed E-state index contributed by atoms with van der Waals surface area (Å²) in [6, 6.07) is 9.13. The third-order valence-corrected chi connectivity index (χ3v) is 3.24. The minimum absolute atomic E-state index is 0.399. The van der Waals surface area contributed by atoms with E-state index in [0.29, 0.717) is 6.04 Å². The summed E-state index contributed by atoms with van der Waals surface area (Å²) in [7, 11) is 2.04. The van der Waals surface area contributed by atoms with E-state index in [4.69, 9.17) is 0 Å². The molecule has 0 aliphatic heterocycles. The van der Waals surface area contributed by atoms with Crippen molar-refractivity contribution in [1.82, 2.24) is 14.9 Å². The summed E-state index contributed by atoms with van der Waals surface area (Å²) in [6.45, 7) is 5.32. The first-order valence-corrected chi connectivity index (χ1v) is 6.49. The number of benzene rings is 1. The smallest absolute Gasteiger partial charge is 0.112 e. The van der Waals surface area contributed by atoms with Gasteiger partial charge in [-0.3, -0.25) is 0 Å². The molecule has 0 spiro atoms. The summed E-state index contributed by atoms with van der Waals surface area (Å²) in [6.07, 6.45) is 4.72. The lowest BCUT2D eigenvalue weighted by Gasteiger charge is -2.13. The van der Waals surface area contributed by atoms with Gasteiger partial charge in [-0.15, -0.1) is 0 Å². The molecule has 0 bridgehead atoms. The van der Waals surface area contributed by atoms with E-state index in [9.17, 15) is 0 Å². The highest BCUT2D eigenvalue weighted by atomic mass is 15.0. The number of nitrogens with one attached hydrogen (secondary N) is 1. The molecule has 2 rings (SSSR count). The van der Waals surface area contributed by atoms with Gasteiger partial charge in [0.25, 0.3) is 0 Å². The maximum atomic E-state index is 4.37. The molecule has 0 radical (unpaired) electrons. The molecule has 0 saturated carbocycles. The Morgan fingerprint density at radius 1 is 1.39 bits per heavy atom. The van der Waals surface area contributed by atoms with Crippen LogP contribution in [0, 0.1) is 0 Å². The van der Waals surface area contributed by atoms with Crippen molar-refractivity contribution in [3.63, 3.8) is 0 Å². The van der Waals surface area contributed by atoms with Crippen LogP contribution in [0.15, 0.2) is 36.7 Å². The number of imidazole rings is 1. The molecule has 1 aromatic heterocycles. The zero-order valence-electron chi connectivity index (χ0n) is 11.4. The van der Waals surface area contributed by atoms with Gasteiger partial charge in [0.1, 0.15) is 5.82 Å². The van der Waals surface area contributed by atoms with E-state index in [1.54, 1.807) is 0 Å². The van der Waals surface area contributed by atoms with Crippen LogP contribution >= 0.6 is 0 Å². The highest BCUT2D eigenvalue weighted by molar-refractivity contribution is 5.28. The van der Waals surface area contributed by atoms with Crippen molar-refractivity contribution in [2.45, 2.75) is 26.3 Å². The van der Waals surface area contributed by atoms with Crippen LogP contribution in [0.25, 0.3) is 0 Å². The molecule has 0 amide bonds. The van der Waals surface area contributed by atoms with Crippen LogP contribution in [0.4, 0.5) is 0 Å². The molecule has 0 saturated heterocycles. The topological polar surface area (TPSA) is 29.9 Å². The Balaban J connectivity index is 2.15. The van der Waals surface area contributed by atoms with Crippen molar-refractivity contribution >= 4 is 0 Å². The number of hydrogen-bond acceptors (Lipinski definition) is 2. The molecule has 1 heterocycles. The van der Waals surface area contributed by atoms with Gasteiger partial charge >= 0.3 is 0 Å². The van der Waals surface area contributed by atoms with Gasteiger partial charge in [0.15, 0.2) is 0 Å². The van der Waals surface area contributed by atoms with Gasteiger partial charge in [0.05, 0.1) is 0 Å². The van der Waals surface area contributed by atoms with Crippen molar-refractivity contribution in [2.24, 2.45) is 7.05 Å². The molecule has 1 unspecified atom stereocenters. The van der Waals surface area contributed by atoms with Crippen LogP contribution in [0.2, 0.25) is 0 Å². The van der Waals surface area contributed by atoms with Gasteiger partial charge in [0.2, 0.25) is 0 Å². The van der Waals surface area contributed by atoms with Crippen molar-refractivity contribution in [1.29, 1.82) is 0 Å². The van der Waals surface area contributed by atoms with Crippen LogP contribution in [0.3, 0.4) is 0 Å². The third kappa shape index (κ3) is 2.99. The predicted molar refractivity (Wildman–Crippen MR) is 74.5 cm³/mol. The van der Waals surface area contributed by atoms with Gasteiger partial charge in [-0.25, -0.2) is 4.98 Å². The molecule has 0 aliphatic rings.